The largest absolute Gasteiger partial charge is 0.467 e. The van der Waals surface area contributed by atoms with Gasteiger partial charge in [-0.3, -0.25) is 9.59 Å². The summed E-state index contributed by atoms with van der Waals surface area (Å²) in [4.78, 5) is 28.7. The van der Waals surface area contributed by atoms with Gasteiger partial charge in [0.15, 0.2) is 5.13 Å². The van der Waals surface area contributed by atoms with Gasteiger partial charge < -0.3 is 19.6 Å². The van der Waals surface area contributed by atoms with Crippen LogP contribution in [0.25, 0.3) is 15.3 Å². The van der Waals surface area contributed by atoms with Crippen molar-refractivity contribution in [2.24, 2.45) is 0 Å². The quantitative estimate of drug-likeness (QED) is 0.538. The number of rotatable bonds is 6. The summed E-state index contributed by atoms with van der Waals surface area (Å²) in [5.41, 5.74) is 1.32. The Balaban J connectivity index is 1.38. The molecule has 7 nitrogen and oxygen atoms in total. The molecular formula is C19H16N4O3S. The number of hydrogen-bond acceptors (Lipinski definition) is 5. The van der Waals surface area contributed by atoms with Crippen molar-refractivity contribution in [1.29, 1.82) is 0 Å². The van der Waals surface area contributed by atoms with E-state index in [4.69, 9.17) is 4.42 Å². The first-order valence-electron chi connectivity index (χ1n) is 8.30. The van der Waals surface area contributed by atoms with Gasteiger partial charge in [0, 0.05) is 18.0 Å². The van der Waals surface area contributed by atoms with Crippen LogP contribution in [0.15, 0.2) is 65.5 Å². The summed E-state index contributed by atoms with van der Waals surface area (Å²) in [6, 6.07) is 12.7. The molecule has 0 radical (unpaired) electrons. The standard InChI is InChI=1S/C19H16N4O3S/c24-17(20-11-14-4-3-9-26-14)12-21-18(25)13-5-6-15-16(10-13)27-19(22-15)23-7-1-2-8-23/h1-10H,11-12H2,(H,20,24)(H,21,25). The Bertz CT molecular complexity index is 1070. The highest BCUT2D eigenvalue weighted by atomic mass is 32.1. The molecule has 8 heteroatoms. The minimum absolute atomic E-state index is 0.102. The smallest absolute Gasteiger partial charge is 0.251 e. The average molecular weight is 380 g/mol. The number of amides is 2. The Morgan fingerprint density at radius 1 is 1.11 bits per heavy atom. The van der Waals surface area contributed by atoms with Gasteiger partial charge in [0.25, 0.3) is 5.91 Å². The molecule has 0 bridgehead atoms. The molecule has 4 rings (SSSR count). The summed E-state index contributed by atoms with van der Waals surface area (Å²) in [5, 5.41) is 6.15. The van der Waals surface area contributed by atoms with Crippen LogP contribution in [0.4, 0.5) is 0 Å². The van der Waals surface area contributed by atoms with Crippen LogP contribution in [0.5, 0.6) is 0 Å². The maximum Gasteiger partial charge on any atom is 0.251 e. The highest BCUT2D eigenvalue weighted by Gasteiger charge is 2.11. The Kier molecular flexibility index (Phi) is 4.71. The number of furan rings is 1. The molecule has 4 aromatic rings. The first-order valence-corrected chi connectivity index (χ1v) is 9.12. The van der Waals surface area contributed by atoms with Gasteiger partial charge in [0.05, 0.1) is 29.6 Å². The molecule has 2 N–H and O–H groups in total. The van der Waals surface area contributed by atoms with Crippen LogP contribution in [0.3, 0.4) is 0 Å². The van der Waals surface area contributed by atoms with Gasteiger partial charge in [0.2, 0.25) is 5.91 Å². The van der Waals surface area contributed by atoms with Crippen LogP contribution in [0.2, 0.25) is 0 Å². The van der Waals surface area contributed by atoms with Gasteiger partial charge in [-0.2, -0.15) is 0 Å². The highest BCUT2D eigenvalue weighted by Crippen LogP contribution is 2.25. The van der Waals surface area contributed by atoms with E-state index in [0.29, 0.717) is 11.3 Å². The molecule has 27 heavy (non-hydrogen) atoms. The van der Waals surface area contributed by atoms with Gasteiger partial charge in [0.1, 0.15) is 5.76 Å². The SMILES string of the molecule is O=C(CNC(=O)c1ccc2nc(-n3cccc3)sc2c1)NCc1ccco1. The van der Waals surface area contributed by atoms with Crippen molar-refractivity contribution in [1.82, 2.24) is 20.2 Å². The lowest BCUT2D eigenvalue weighted by atomic mass is 10.2. The molecule has 0 aliphatic rings. The van der Waals surface area contributed by atoms with Crippen molar-refractivity contribution in [3.05, 3.63) is 72.4 Å². The fraction of sp³-hybridized carbons (Fsp3) is 0.105. The third-order valence-corrected chi connectivity index (χ3v) is 4.95. The number of aromatic nitrogens is 2. The first-order chi connectivity index (χ1) is 13.2. The van der Waals surface area contributed by atoms with Crippen molar-refractivity contribution >= 4 is 33.4 Å². The summed E-state index contributed by atoms with van der Waals surface area (Å²) in [5.74, 6) is 0.0679. The van der Waals surface area contributed by atoms with Crippen molar-refractivity contribution in [3.63, 3.8) is 0 Å². The molecule has 1 aromatic carbocycles. The summed E-state index contributed by atoms with van der Waals surface area (Å²) >= 11 is 1.50. The zero-order valence-corrected chi connectivity index (χ0v) is 15.0. The fourth-order valence-corrected chi connectivity index (χ4v) is 3.52. The molecule has 0 unspecified atom stereocenters. The minimum atomic E-state index is -0.305. The van der Waals surface area contributed by atoms with E-state index in [2.05, 4.69) is 15.6 Å². The Morgan fingerprint density at radius 2 is 1.96 bits per heavy atom. The number of hydrogen-bond donors (Lipinski definition) is 2. The van der Waals surface area contributed by atoms with E-state index < -0.39 is 0 Å². The molecule has 0 spiro atoms. The van der Waals surface area contributed by atoms with Gasteiger partial charge >= 0.3 is 0 Å². The lowest BCUT2D eigenvalue weighted by Crippen LogP contribution is -2.36. The second-order valence-corrected chi connectivity index (χ2v) is 6.82. The van der Waals surface area contributed by atoms with Crippen molar-refractivity contribution < 1.29 is 14.0 Å². The summed E-state index contributed by atoms with van der Waals surface area (Å²) < 4.78 is 7.98. The van der Waals surface area contributed by atoms with Crippen LogP contribution in [0, 0.1) is 0 Å². The van der Waals surface area contributed by atoms with E-state index in [9.17, 15) is 9.59 Å². The normalized spacial score (nSPS) is 10.8. The molecule has 2 amide bonds. The van der Waals surface area contributed by atoms with Crippen LogP contribution in [-0.4, -0.2) is 27.9 Å². The number of nitrogens with one attached hydrogen (secondary N) is 2. The molecular weight excluding hydrogens is 364 g/mol. The fourth-order valence-electron chi connectivity index (χ4n) is 2.55. The summed E-state index contributed by atoms with van der Waals surface area (Å²) in [6.07, 6.45) is 5.39. The van der Waals surface area contributed by atoms with E-state index in [1.807, 2.05) is 35.2 Å². The Labute approximate surface area is 158 Å². The van der Waals surface area contributed by atoms with Crippen LogP contribution >= 0.6 is 11.3 Å². The lowest BCUT2D eigenvalue weighted by Gasteiger charge is -2.06. The summed E-state index contributed by atoms with van der Waals surface area (Å²) in [7, 11) is 0. The average Bonchev–Trinajstić information content (AvgIpc) is 3.44. The minimum Gasteiger partial charge on any atom is -0.467 e. The van der Waals surface area contributed by atoms with Gasteiger partial charge in [-0.05, 0) is 42.5 Å². The second kappa shape index (κ2) is 7.46. The number of thiazole rings is 1. The van der Waals surface area contributed by atoms with Crippen molar-refractivity contribution in [3.8, 4) is 5.13 Å². The molecule has 3 aromatic heterocycles. The Morgan fingerprint density at radius 3 is 2.74 bits per heavy atom. The first kappa shape index (κ1) is 17.0. The van der Waals surface area contributed by atoms with E-state index in [1.54, 1.807) is 30.5 Å². The number of fused-ring (bicyclic) bond motifs is 1. The number of benzene rings is 1. The molecule has 0 atom stereocenters. The molecule has 0 fully saturated rings. The maximum atomic E-state index is 12.3. The van der Waals surface area contributed by atoms with Gasteiger partial charge in [-0.15, -0.1) is 0 Å². The van der Waals surface area contributed by atoms with Crippen molar-refractivity contribution in [2.45, 2.75) is 6.54 Å². The zero-order chi connectivity index (χ0) is 18.6. The molecule has 0 aliphatic carbocycles. The molecule has 136 valence electrons. The van der Waals surface area contributed by atoms with Crippen LogP contribution < -0.4 is 10.6 Å². The zero-order valence-electron chi connectivity index (χ0n) is 14.2. The third kappa shape index (κ3) is 3.90. The third-order valence-electron chi connectivity index (χ3n) is 3.91. The Hall–Kier alpha value is -3.39. The van der Waals surface area contributed by atoms with Gasteiger partial charge in [-0.25, -0.2) is 4.98 Å². The maximum absolute atomic E-state index is 12.3. The lowest BCUT2D eigenvalue weighted by molar-refractivity contribution is -0.120. The highest BCUT2D eigenvalue weighted by molar-refractivity contribution is 7.20. The van der Waals surface area contributed by atoms with E-state index in [1.165, 1.54) is 11.3 Å². The van der Waals surface area contributed by atoms with E-state index in [0.717, 1.165) is 15.3 Å². The monoisotopic (exact) mass is 380 g/mol. The predicted molar refractivity (Wildman–Crippen MR) is 102 cm³/mol. The molecule has 0 saturated heterocycles. The number of carbonyl (C=O) groups is 2. The van der Waals surface area contributed by atoms with Crippen molar-refractivity contribution in [2.75, 3.05) is 6.54 Å². The van der Waals surface area contributed by atoms with Gasteiger partial charge in [-0.1, -0.05) is 11.3 Å². The molecule has 0 aliphatic heterocycles. The molecule has 3 heterocycles. The predicted octanol–water partition coefficient (Wildman–Crippen LogP) is 2.73. The van der Waals surface area contributed by atoms with Crippen LogP contribution in [-0.2, 0) is 11.3 Å². The number of nitrogens with zero attached hydrogens (tertiary/aromatic N) is 2. The second-order valence-electron chi connectivity index (χ2n) is 5.81. The van der Waals surface area contributed by atoms with E-state index in [-0.39, 0.29) is 24.9 Å². The van der Waals surface area contributed by atoms with Crippen LogP contribution in [0.1, 0.15) is 16.1 Å². The number of carbonyl (C=O) groups excluding carboxylic acids is 2. The van der Waals surface area contributed by atoms with E-state index >= 15 is 0 Å². The topological polar surface area (TPSA) is 89.2 Å². The summed E-state index contributed by atoms with van der Waals surface area (Å²) in [6.45, 7) is 0.186. The molecule has 0 saturated carbocycles.